The predicted molar refractivity (Wildman–Crippen MR) is 98.4 cm³/mol. The molecule has 1 N–H and O–H groups in total. The molecule has 0 bridgehead atoms. The van der Waals surface area contributed by atoms with Crippen molar-refractivity contribution in [2.24, 2.45) is 5.92 Å². The Morgan fingerprint density at radius 2 is 2.04 bits per heavy atom. The van der Waals surface area contributed by atoms with Gasteiger partial charge in [-0.05, 0) is 56.3 Å². The number of methoxy groups -OCH3 is 1. The van der Waals surface area contributed by atoms with Gasteiger partial charge in [-0.3, -0.25) is 4.79 Å². The number of nitrogens with zero attached hydrogens (tertiary/aromatic N) is 1. The van der Waals surface area contributed by atoms with Crippen LogP contribution in [0.3, 0.4) is 0 Å². The van der Waals surface area contributed by atoms with Crippen LogP contribution in [0.1, 0.15) is 45.1 Å². The van der Waals surface area contributed by atoms with E-state index in [-0.39, 0.29) is 0 Å². The zero-order valence-electron chi connectivity index (χ0n) is 15.4. The molecule has 0 saturated carbocycles. The number of piperidine rings is 1. The molecular formula is C20H32N2O2. The van der Waals surface area contributed by atoms with Crippen LogP contribution < -0.4 is 10.1 Å². The van der Waals surface area contributed by atoms with E-state index < -0.39 is 0 Å². The number of rotatable bonds is 8. The molecule has 1 aromatic carbocycles. The van der Waals surface area contributed by atoms with E-state index in [1.165, 1.54) is 5.56 Å². The summed E-state index contributed by atoms with van der Waals surface area (Å²) in [7, 11) is 1.70. The van der Waals surface area contributed by atoms with Crippen LogP contribution in [0.5, 0.6) is 5.75 Å². The first-order valence-electron chi connectivity index (χ1n) is 9.27. The molecule has 0 aliphatic carbocycles. The second-order valence-electron chi connectivity index (χ2n) is 6.89. The first kappa shape index (κ1) is 18.8. The van der Waals surface area contributed by atoms with Gasteiger partial charge in [0.2, 0.25) is 5.91 Å². The Bertz CT molecular complexity index is 512. The van der Waals surface area contributed by atoms with Crippen molar-refractivity contribution in [1.29, 1.82) is 0 Å². The van der Waals surface area contributed by atoms with Crippen molar-refractivity contribution < 1.29 is 9.53 Å². The van der Waals surface area contributed by atoms with Crippen LogP contribution in [0.2, 0.25) is 0 Å². The Kier molecular flexibility index (Phi) is 7.57. The molecule has 1 fully saturated rings. The van der Waals surface area contributed by atoms with Crippen LogP contribution in [0.15, 0.2) is 24.3 Å². The Balaban J connectivity index is 1.95. The molecule has 1 aromatic rings. The number of hydrogen-bond donors (Lipinski definition) is 1. The molecule has 1 amide bonds. The molecule has 1 unspecified atom stereocenters. The van der Waals surface area contributed by atoms with Crippen LogP contribution in [0.4, 0.5) is 0 Å². The average molecular weight is 332 g/mol. The van der Waals surface area contributed by atoms with Gasteiger partial charge in [0.1, 0.15) is 5.75 Å². The molecule has 4 heteroatoms. The third-order valence-corrected chi connectivity index (χ3v) is 4.82. The minimum absolute atomic E-state index is 0.311. The Hall–Kier alpha value is -1.55. The standard InChI is InChI=1S/C20H32N2O2/c1-4-13-22(18-9-11-21-12-10-18)20(23)15-16(2)14-17-7-5-6-8-19(17)24-3/h5-8,16,18,21H,4,9-15H2,1-3H3. The minimum Gasteiger partial charge on any atom is -0.496 e. The van der Waals surface area contributed by atoms with E-state index in [1.807, 2.05) is 18.2 Å². The fourth-order valence-electron chi connectivity index (χ4n) is 3.60. The van der Waals surface area contributed by atoms with E-state index in [0.717, 1.165) is 51.1 Å². The third kappa shape index (κ3) is 5.23. The largest absolute Gasteiger partial charge is 0.496 e. The normalized spacial score (nSPS) is 16.6. The van der Waals surface area contributed by atoms with Crippen molar-refractivity contribution in [3.8, 4) is 5.75 Å². The van der Waals surface area contributed by atoms with Crippen LogP contribution in [-0.4, -0.2) is 43.6 Å². The van der Waals surface area contributed by atoms with Crippen molar-refractivity contribution in [1.82, 2.24) is 10.2 Å². The van der Waals surface area contributed by atoms with Crippen molar-refractivity contribution >= 4 is 5.91 Å². The van der Waals surface area contributed by atoms with Gasteiger partial charge < -0.3 is 15.0 Å². The lowest BCUT2D eigenvalue weighted by molar-refractivity contribution is -0.135. The number of nitrogens with one attached hydrogen (secondary N) is 1. The summed E-state index contributed by atoms with van der Waals surface area (Å²) in [6, 6.07) is 8.51. The van der Waals surface area contributed by atoms with Gasteiger partial charge in [0.15, 0.2) is 0 Å². The molecular weight excluding hydrogens is 300 g/mol. The molecule has 4 nitrogen and oxygen atoms in total. The SMILES string of the molecule is CCCN(C(=O)CC(C)Cc1ccccc1OC)C1CCNCC1. The summed E-state index contributed by atoms with van der Waals surface area (Å²) in [5.41, 5.74) is 1.18. The highest BCUT2D eigenvalue weighted by Crippen LogP contribution is 2.23. The Morgan fingerprint density at radius 1 is 1.33 bits per heavy atom. The smallest absolute Gasteiger partial charge is 0.223 e. The van der Waals surface area contributed by atoms with E-state index in [9.17, 15) is 4.79 Å². The van der Waals surface area contributed by atoms with E-state index in [0.29, 0.717) is 24.3 Å². The minimum atomic E-state index is 0.311. The lowest BCUT2D eigenvalue weighted by atomic mass is 9.95. The van der Waals surface area contributed by atoms with Gasteiger partial charge in [0, 0.05) is 19.0 Å². The highest BCUT2D eigenvalue weighted by molar-refractivity contribution is 5.76. The van der Waals surface area contributed by atoms with Crippen LogP contribution in [0.25, 0.3) is 0 Å². The predicted octanol–water partition coefficient (Wildman–Crippen LogP) is 3.25. The Morgan fingerprint density at radius 3 is 2.71 bits per heavy atom. The third-order valence-electron chi connectivity index (χ3n) is 4.82. The maximum atomic E-state index is 12.9. The first-order valence-corrected chi connectivity index (χ1v) is 9.27. The molecule has 1 aliphatic heterocycles. The molecule has 24 heavy (non-hydrogen) atoms. The number of ether oxygens (including phenoxy) is 1. The number of amides is 1. The number of hydrogen-bond acceptors (Lipinski definition) is 3. The molecule has 134 valence electrons. The summed E-state index contributed by atoms with van der Waals surface area (Å²) in [6.07, 6.45) is 4.67. The topological polar surface area (TPSA) is 41.6 Å². The quantitative estimate of drug-likeness (QED) is 0.794. The molecule has 0 spiro atoms. The molecule has 1 saturated heterocycles. The molecule has 2 rings (SSSR count). The summed E-state index contributed by atoms with van der Waals surface area (Å²) in [4.78, 5) is 15.0. The van der Waals surface area contributed by atoms with Gasteiger partial charge in [0.05, 0.1) is 7.11 Å². The highest BCUT2D eigenvalue weighted by atomic mass is 16.5. The van der Waals surface area contributed by atoms with Gasteiger partial charge in [-0.15, -0.1) is 0 Å². The lowest BCUT2D eigenvalue weighted by Gasteiger charge is -2.35. The van der Waals surface area contributed by atoms with Gasteiger partial charge in [-0.25, -0.2) is 0 Å². The van der Waals surface area contributed by atoms with Crippen LogP contribution in [0, 0.1) is 5.92 Å². The van der Waals surface area contributed by atoms with Crippen molar-refractivity contribution in [2.45, 2.75) is 52.0 Å². The second-order valence-corrected chi connectivity index (χ2v) is 6.89. The fraction of sp³-hybridized carbons (Fsp3) is 0.650. The summed E-state index contributed by atoms with van der Waals surface area (Å²) in [5.74, 6) is 1.54. The number of carbonyl (C=O) groups excluding carboxylic acids is 1. The van der Waals surface area contributed by atoms with Gasteiger partial charge >= 0.3 is 0 Å². The first-order chi connectivity index (χ1) is 11.7. The molecule has 0 radical (unpaired) electrons. The Labute approximate surface area is 146 Å². The summed E-state index contributed by atoms with van der Waals surface area (Å²) in [6.45, 7) is 7.24. The van der Waals surface area contributed by atoms with Gasteiger partial charge in [-0.2, -0.15) is 0 Å². The summed E-state index contributed by atoms with van der Waals surface area (Å²) < 4.78 is 5.43. The van der Waals surface area contributed by atoms with Crippen molar-refractivity contribution in [3.05, 3.63) is 29.8 Å². The van der Waals surface area contributed by atoms with Crippen LogP contribution >= 0.6 is 0 Å². The number of carbonyl (C=O) groups is 1. The zero-order valence-corrected chi connectivity index (χ0v) is 15.4. The van der Waals surface area contributed by atoms with E-state index in [2.05, 4.69) is 30.1 Å². The van der Waals surface area contributed by atoms with E-state index in [1.54, 1.807) is 7.11 Å². The summed E-state index contributed by atoms with van der Waals surface area (Å²) >= 11 is 0. The van der Waals surface area contributed by atoms with E-state index >= 15 is 0 Å². The monoisotopic (exact) mass is 332 g/mol. The second kappa shape index (κ2) is 9.67. The highest BCUT2D eigenvalue weighted by Gasteiger charge is 2.25. The average Bonchev–Trinajstić information content (AvgIpc) is 2.60. The number of para-hydroxylation sites is 1. The number of benzene rings is 1. The summed E-state index contributed by atoms with van der Waals surface area (Å²) in [5, 5.41) is 3.38. The molecule has 1 aliphatic rings. The van der Waals surface area contributed by atoms with Crippen LogP contribution in [-0.2, 0) is 11.2 Å². The molecule has 1 heterocycles. The molecule has 0 aromatic heterocycles. The van der Waals surface area contributed by atoms with Gasteiger partial charge in [0.25, 0.3) is 0 Å². The van der Waals surface area contributed by atoms with Crippen molar-refractivity contribution in [3.63, 3.8) is 0 Å². The molecule has 1 atom stereocenters. The van der Waals surface area contributed by atoms with Gasteiger partial charge in [-0.1, -0.05) is 32.0 Å². The van der Waals surface area contributed by atoms with E-state index in [4.69, 9.17) is 4.74 Å². The maximum Gasteiger partial charge on any atom is 0.223 e. The maximum absolute atomic E-state index is 12.9. The zero-order chi connectivity index (χ0) is 17.4. The fourth-order valence-corrected chi connectivity index (χ4v) is 3.60. The lowest BCUT2D eigenvalue weighted by Crippen LogP contribution is -2.46. The van der Waals surface area contributed by atoms with Crippen molar-refractivity contribution in [2.75, 3.05) is 26.7 Å².